The lowest BCUT2D eigenvalue weighted by molar-refractivity contribution is -0.124. The van der Waals surface area contributed by atoms with E-state index in [9.17, 15) is 4.79 Å². The maximum atomic E-state index is 11.7. The molecule has 0 saturated heterocycles. The fourth-order valence-electron chi connectivity index (χ4n) is 2.11. The van der Waals surface area contributed by atoms with Gasteiger partial charge in [-0.3, -0.25) is 9.78 Å². The molecule has 0 spiro atoms. The minimum Gasteiger partial charge on any atom is -0.359 e. The third-order valence-corrected chi connectivity index (χ3v) is 3.86. The number of nitrogens with two attached hydrogens (primary N) is 1. The second kappa shape index (κ2) is 6.12. The number of hydrogen-bond acceptors (Lipinski definition) is 3. The summed E-state index contributed by atoms with van der Waals surface area (Å²) in [7, 11) is 1.63. The number of rotatable bonds is 4. The van der Waals surface area contributed by atoms with Gasteiger partial charge < -0.3 is 11.1 Å². The van der Waals surface area contributed by atoms with Crippen molar-refractivity contribution in [3.8, 4) is 0 Å². The number of carbonyl (C=O) groups excluding carboxylic acids is 1. The SMILES string of the molecule is CNC(=O)C(CN)Cc1ccc(Br)c2cccnc12. The summed E-state index contributed by atoms with van der Waals surface area (Å²) in [5.41, 5.74) is 7.64. The highest BCUT2D eigenvalue weighted by molar-refractivity contribution is 9.10. The van der Waals surface area contributed by atoms with E-state index in [0.717, 1.165) is 20.9 Å². The molecule has 0 bridgehead atoms. The molecule has 0 saturated carbocycles. The summed E-state index contributed by atoms with van der Waals surface area (Å²) < 4.78 is 1.00. The molecule has 1 atom stereocenters. The zero-order valence-electron chi connectivity index (χ0n) is 10.7. The molecular formula is C14H16BrN3O. The first-order chi connectivity index (χ1) is 9.17. The van der Waals surface area contributed by atoms with Crippen molar-refractivity contribution in [3.63, 3.8) is 0 Å². The Balaban J connectivity index is 2.40. The monoisotopic (exact) mass is 321 g/mol. The molecule has 5 heteroatoms. The minimum atomic E-state index is -0.226. The Bertz CT molecular complexity index is 600. The van der Waals surface area contributed by atoms with Crippen LogP contribution in [0.15, 0.2) is 34.9 Å². The number of amides is 1. The number of halogens is 1. The summed E-state index contributed by atoms with van der Waals surface area (Å²) in [5, 5.41) is 3.70. The van der Waals surface area contributed by atoms with E-state index in [2.05, 4.69) is 26.2 Å². The van der Waals surface area contributed by atoms with Gasteiger partial charge in [0, 0.05) is 29.6 Å². The molecular weight excluding hydrogens is 306 g/mol. The van der Waals surface area contributed by atoms with Crippen molar-refractivity contribution in [2.75, 3.05) is 13.6 Å². The van der Waals surface area contributed by atoms with Crippen molar-refractivity contribution in [3.05, 3.63) is 40.5 Å². The Morgan fingerprint density at radius 1 is 1.47 bits per heavy atom. The van der Waals surface area contributed by atoms with Gasteiger partial charge in [-0.2, -0.15) is 0 Å². The molecule has 0 aliphatic carbocycles. The highest BCUT2D eigenvalue weighted by Gasteiger charge is 2.17. The van der Waals surface area contributed by atoms with Gasteiger partial charge in [0.2, 0.25) is 5.91 Å². The molecule has 0 aliphatic rings. The molecule has 1 aromatic carbocycles. The molecule has 2 rings (SSSR count). The standard InChI is InChI=1S/C14H16BrN3O/c1-17-14(19)10(8-16)7-9-4-5-12(15)11-3-2-6-18-13(9)11/h2-6,10H,7-8,16H2,1H3,(H,17,19). The molecule has 2 aromatic rings. The minimum absolute atomic E-state index is 0.0329. The predicted octanol–water partition coefficient (Wildman–Crippen LogP) is 1.86. The van der Waals surface area contributed by atoms with E-state index in [1.54, 1.807) is 13.2 Å². The molecule has 0 fully saturated rings. The molecule has 100 valence electrons. The van der Waals surface area contributed by atoms with E-state index < -0.39 is 0 Å². The lowest BCUT2D eigenvalue weighted by Gasteiger charge is -2.14. The summed E-state index contributed by atoms with van der Waals surface area (Å²) in [6, 6.07) is 7.88. The lowest BCUT2D eigenvalue weighted by Crippen LogP contribution is -2.34. The van der Waals surface area contributed by atoms with Crippen molar-refractivity contribution in [2.45, 2.75) is 6.42 Å². The molecule has 1 heterocycles. The molecule has 0 aliphatic heterocycles. The Hall–Kier alpha value is -1.46. The van der Waals surface area contributed by atoms with Crippen molar-refractivity contribution in [1.82, 2.24) is 10.3 Å². The van der Waals surface area contributed by atoms with Crippen molar-refractivity contribution < 1.29 is 4.79 Å². The molecule has 1 amide bonds. The Labute approximate surface area is 120 Å². The van der Waals surface area contributed by atoms with E-state index in [1.165, 1.54) is 0 Å². The van der Waals surface area contributed by atoms with E-state index in [0.29, 0.717) is 13.0 Å². The Morgan fingerprint density at radius 2 is 2.26 bits per heavy atom. The summed E-state index contributed by atoms with van der Waals surface area (Å²) in [5.74, 6) is -0.258. The maximum absolute atomic E-state index is 11.7. The molecule has 0 radical (unpaired) electrons. The van der Waals surface area contributed by atoms with Gasteiger partial charge in [-0.25, -0.2) is 0 Å². The van der Waals surface area contributed by atoms with Crippen LogP contribution < -0.4 is 11.1 Å². The summed E-state index contributed by atoms with van der Waals surface area (Å²) >= 11 is 3.51. The normalized spacial score (nSPS) is 12.4. The van der Waals surface area contributed by atoms with E-state index in [4.69, 9.17) is 5.73 Å². The molecule has 3 N–H and O–H groups in total. The zero-order chi connectivity index (χ0) is 13.8. The first kappa shape index (κ1) is 14.0. The van der Waals surface area contributed by atoms with Crippen LogP contribution in [0, 0.1) is 5.92 Å². The summed E-state index contributed by atoms with van der Waals surface area (Å²) in [6.45, 7) is 0.323. The van der Waals surface area contributed by atoms with Gasteiger partial charge in [0.15, 0.2) is 0 Å². The first-order valence-electron chi connectivity index (χ1n) is 6.11. The summed E-state index contributed by atoms with van der Waals surface area (Å²) in [4.78, 5) is 16.1. The number of nitrogens with zero attached hydrogens (tertiary/aromatic N) is 1. The van der Waals surface area contributed by atoms with E-state index in [-0.39, 0.29) is 11.8 Å². The highest BCUT2D eigenvalue weighted by atomic mass is 79.9. The number of nitrogens with one attached hydrogen (secondary N) is 1. The average Bonchev–Trinajstić information content (AvgIpc) is 2.46. The fourth-order valence-corrected chi connectivity index (χ4v) is 2.57. The van der Waals surface area contributed by atoms with Gasteiger partial charge in [-0.1, -0.05) is 28.1 Å². The van der Waals surface area contributed by atoms with Crippen LogP contribution in [0.5, 0.6) is 0 Å². The fraction of sp³-hybridized carbons (Fsp3) is 0.286. The molecule has 1 unspecified atom stereocenters. The Kier molecular flexibility index (Phi) is 4.50. The van der Waals surface area contributed by atoms with Gasteiger partial charge in [-0.15, -0.1) is 0 Å². The van der Waals surface area contributed by atoms with E-state index in [1.807, 2.05) is 24.3 Å². The van der Waals surface area contributed by atoms with Crippen molar-refractivity contribution in [2.24, 2.45) is 11.7 Å². The second-order valence-electron chi connectivity index (χ2n) is 4.36. The topological polar surface area (TPSA) is 68.0 Å². The van der Waals surface area contributed by atoms with Crippen molar-refractivity contribution >= 4 is 32.7 Å². The number of carbonyl (C=O) groups is 1. The number of hydrogen-bond donors (Lipinski definition) is 2. The Morgan fingerprint density at radius 3 is 2.95 bits per heavy atom. The third-order valence-electron chi connectivity index (χ3n) is 3.17. The van der Waals surface area contributed by atoms with Crippen LogP contribution in [-0.2, 0) is 11.2 Å². The predicted molar refractivity (Wildman–Crippen MR) is 79.8 cm³/mol. The second-order valence-corrected chi connectivity index (χ2v) is 5.21. The quantitative estimate of drug-likeness (QED) is 0.903. The van der Waals surface area contributed by atoms with Crippen LogP contribution in [-0.4, -0.2) is 24.5 Å². The van der Waals surface area contributed by atoms with Crippen LogP contribution in [0.3, 0.4) is 0 Å². The largest absolute Gasteiger partial charge is 0.359 e. The summed E-state index contributed by atoms with van der Waals surface area (Å²) in [6.07, 6.45) is 2.35. The number of aromatic nitrogens is 1. The molecule has 4 nitrogen and oxygen atoms in total. The van der Waals surface area contributed by atoms with Crippen LogP contribution in [0.4, 0.5) is 0 Å². The molecule has 1 aromatic heterocycles. The van der Waals surface area contributed by atoms with Crippen LogP contribution >= 0.6 is 15.9 Å². The van der Waals surface area contributed by atoms with Gasteiger partial charge in [0.05, 0.1) is 11.4 Å². The third kappa shape index (κ3) is 2.93. The van der Waals surface area contributed by atoms with Crippen LogP contribution in [0.1, 0.15) is 5.56 Å². The van der Waals surface area contributed by atoms with Gasteiger partial charge in [0.25, 0.3) is 0 Å². The molecule has 19 heavy (non-hydrogen) atoms. The van der Waals surface area contributed by atoms with Crippen LogP contribution in [0.2, 0.25) is 0 Å². The average molecular weight is 322 g/mol. The van der Waals surface area contributed by atoms with Gasteiger partial charge in [-0.05, 0) is 24.1 Å². The lowest BCUT2D eigenvalue weighted by atomic mass is 9.96. The smallest absolute Gasteiger partial charge is 0.224 e. The number of benzene rings is 1. The van der Waals surface area contributed by atoms with Gasteiger partial charge >= 0.3 is 0 Å². The first-order valence-corrected chi connectivity index (χ1v) is 6.90. The maximum Gasteiger partial charge on any atom is 0.224 e. The van der Waals surface area contributed by atoms with Crippen molar-refractivity contribution in [1.29, 1.82) is 0 Å². The number of pyridine rings is 1. The van der Waals surface area contributed by atoms with Gasteiger partial charge in [0.1, 0.15) is 0 Å². The van der Waals surface area contributed by atoms with E-state index >= 15 is 0 Å². The zero-order valence-corrected chi connectivity index (χ0v) is 12.3. The number of fused-ring (bicyclic) bond motifs is 1. The highest BCUT2D eigenvalue weighted by Crippen LogP contribution is 2.26. The van der Waals surface area contributed by atoms with Crippen LogP contribution in [0.25, 0.3) is 10.9 Å².